The monoisotopic (exact) mass is 264 g/mol. The lowest BCUT2D eigenvalue weighted by atomic mass is 10.1. The molecule has 3 N–H and O–H groups in total. The van der Waals surface area contributed by atoms with Gasteiger partial charge in [-0.3, -0.25) is 9.58 Å². The second-order valence-corrected chi connectivity index (χ2v) is 5.48. The van der Waals surface area contributed by atoms with Crippen molar-refractivity contribution in [3.8, 4) is 0 Å². The van der Waals surface area contributed by atoms with Gasteiger partial charge in [0.05, 0.1) is 29.7 Å². The highest BCUT2D eigenvalue weighted by Gasteiger charge is 2.16. The van der Waals surface area contributed by atoms with Crippen molar-refractivity contribution in [2.24, 2.45) is 0 Å². The summed E-state index contributed by atoms with van der Waals surface area (Å²) in [5.41, 5.74) is 9.83. The van der Waals surface area contributed by atoms with E-state index < -0.39 is 6.10 Å². The number of anilines is 1. The minimum absolute atomic E-state index is 0.413. The van der Waals surface area contributed by atoms with Crippen molar-refractivity contribution in [2.45, 2.75) is 39.8 Å². The Balaban J connectivity index is 1.91. The van der Waals surface area contributed by atoms with E-state index in [1.807, 2.05) is 13.8 Å². The predicted octanol–water partition coefficient (Wildman–Crippen LogP) is 1.10. The molecule has 2 heterocycles. The van der Waals surface area contributed by atoms with E-state index >= 15 is 0 Å². The van der Waals surface area contributed by atoms with Crippen LogP contribution in [0.1, 0.15) is 24.7 Å². The second-order valence-electron chi connectivity index (χ2n) is 5.48. The largest absolute Gasteiger partial charge is 0.396 e. The minimum Gasteiger partial charge on any atom is -0.396 e. The van der Waals surface area contributed by atoms with Gasteiger partial charge in [-0.25, -0.2) is 0 Å². The first-order chi connectivity index (χ1) is 8.97. The highest BCUT2D eigenvalue weighted by molar-refractivity contribution is 5.46. The maximum Gasteiger partial charge on any atom is 0.0862 e. The van der Waals surface area contributed by atoms with E-state index in [4.69, 9.17) is 5.73 Å². The molecule has 2 rings (SSSR count). The van der Waals surface area contributed by atoms with Gasteiger partial charge in [-0.2, -0.15) is 5.10 Å². The molecule has 106 valence electrons. The van der Waals surface area contributed by atoms with E-state index in [1.165, 1.54) is 5.57 Å². The number of nitrogens with two attached hydrogens (primary N) is 1. The minimum atomic E-state index is -0.413. The zero-order chi connectivity index (χ0) is 14.0. The van der Waals surface area contributed by atoms with E-state index in [9.17, 15) is 5.11 Å². The normalized spacial score (nSPS) is 18.4. The summed E-state index contributed by atoms with van der Waals surface area (Å²) >= 11 is 0. The Bertz CT molecular complexity index is 478. The third-order valence-electron chi connectivity index (χ3n) is 3.81. The van der Waals surface area contributed by atoms with Crippen LogP contribution in [0.15, 0.2) is 11.6 Å². The molecule has 0 fully saturated rings. The lowest BCUT2D eigenvalue weighted by Crippen LogP contribution is -2.37. The average molecular weight is 264 g/mol. The third-order valence-corrected chi connectivity index (χ3v) is 3.81. The number of aromatic nitrogens is 2. The maximum absolute atomic E-state index is 10.2. The van der Waals surface area contributed by atoms with Crippen LogP contribution < -0.4 is 5.73 Å². The summed E-state index contributed by atoms with van der Waals surface area (Å²) in [6.07, 6.45) is 2.92. The van der Waals surface area contributed by atoms with E-state index in [0.29, 0.717) is 13.1 Å². The number of aliphatic hydroxyl groups is 1. The van der Waals surface area contributed by atoms with E-state index in [2.05, 4.69) is 23.0 Å². The van der Waals surface area contributed by atoms with Crippen molar-refractivity contribution in [3.63, 3.8) is 0 Å². The fraction of sp³-hybridized carbons (Fsp3) is 0.643. The highest BCUT2D eigenvalue weighted by atomic mass is 16.3. The number of hydrogen-bond donors (Lipinski definition) is 2. The summed E-state index contributed by atoms with van der Waals surface area (Å²) in [7, 11) is 0. The molecule has 1 aromatic heterocycles. The standard InChI is InChI=1S/C14H24N4O/c1-10-4-6-17(7-5-10)8-13(19)9-18-12(3)14(15)11(2)16-18/h4,13,19H,5-9,15H2,1-3H3. The summed E-state index contributed by atoms with van der Waals surface area (Å²) in [5.74, 6) is 0. The molecule has 0 saturated carbocycles. The van der Waals surface area contributed by atoms with Crippen molar-refractivity contribution in [1.82, 2.24) is 14.7 Å². The van der Waals surface area contributed by atoms with Crippen LogP contribution in [-0.2, 0) is 6.54 Å². The number of rotatable bonds is 4. The molecule has 0 aliphatic carbocycles. The molecule has 1 aliphatic rings. The molecule has 1 aromatic rings. The number of nitrogen functional groups attached to an aromatic ring is 1. The smallest absolute Gasteiger partial charge is 0.0862 e. The molecule has 0 spiro atoms. The van der Waals surface area contributed by atoms with Gasteiger partial charge < -0.3 is 10.8 Å². The van der Waals surface area contributed by atoms with Crippen LogP contribution in [0.4, 0.5) is 5.69 Å². The number of hydrogen-bond acceptors (Lipinski definition) is 4. The Morgan fingerprint density at radius 2 is 2.11 bits per heavy atom. The molecule has 1 unspecified atom stereocenters. The van der Waals surface area contributed by atoms with Crippen molar-refractivity contribution in [1.29, 1.82) is 0 Å². The first-order valence-corrected chi connectivity index (χ1v) is 6.83. The van der Waals surface area contributed by atoms with Gasteiger partial charge >= 0.3 is 0 Å². The molecule has 1 atom stereocenters. The van der Waals surface area contributed by atoms with Gasteiger partial charge in [-0.05, 0) is 27.2 Å². The first kappa shape index (κ1) is 14.1. The summed E-state index contributed by atoms with van der Waals surface area (Å²) < 4.78 is 1.81. The number of aryl methyl sites for hydroxylation is 1. The van der Waals surface area contributed by atoms with Gasteiger partial charge in [-0.1, -0.05) is 11.6 Å². The second kappa shape index (κ2) is 5.75. The molecule has 0 aromatic carbocycles. The Hall–Kier alpha value is -1.33. The Morgan fingerprint density at radius 3 is 2.63 bits per heavy atom. The fourth-order valence-corrected chi connectivity index (χ4v) is 2.42. The van der Waals surface area contributed by atoms with Gasteiger partial charge in [0.1, 0.15) is 0 Å². The molecular weight excluding hydrogens is 240 g/mol. The van der Waals surface area contributed by atoms with Crippen LogP contribution in [0.2, 0.25) is 0 Å². The predicted molar refractivity (Wildman–Crippen MR) is 76.9 cm³/mol. The highest BCUT2D eigenvalue weighted by Crippen LogP contribution is 2.15. The fourth-order valence-electron chi connectivity index (χ4n) is 2.42. The SMILES string of the molecule is CC1=CCN(CC(O)Cn2nc(C)c(N)c2C)CC1. The maximum atomic E-state index is 10.2. The molecule has 0 radical (unpaired) electrons. The van der Waals surface area contributed by atoms with Crippen LogP contribution in [0.3, 0.4) is 0 Å². The molecule has 5 heteroatoms. The Kier molecular flexibility index (Phi) is 4.27. The molecule has 5 nitrogen and oxygen atoms in total. The first-order valence-electron chi connectivity index (χ1n) is 6.83. The van der Waals surface area contributed by atoms with Crippen LogP contribution in [-0.4, -0.2) is 45.5 Å². The molecule has 19 heavy (non-hydrogen) atoms. The van der Waals surface area contributed by atoms with E-state index in [0.717, 1.165) is 36.6 Å². The Morgan fingerprint density at radius 1 is 1.37 bits per heavy atom. The zero-order valence-electron chi connectivity index (χ0n) is 12.1. The van der Waals surface area contributed by atoms with E-state index in [1.54, 1.807) is 4.68 Å². The third kappa shape index (κ3) is 3.36. The van der Waals surface area contributed by atoms with Crippen LogP contribution in [0.5, 0.6) is 0 Å². The van der Waals surface area contributed by atoms with Gasteiger partial charge in [-0.15, -0.1) is 0 Å². The zero-order valence-corrected chi connectivity index (χ0v) is 12.1. The Labute approximate surface area is 114 Å². The molecule has 1 aliphatic heterocycles. The summed E-state index contributed by atoms with van der Waals surface area (Å²) in [5, 5.41) is 14.5. The number of aliphatic hydroxyl groups excluding tert-OH is 1. The van der Waals surface area contributed by atoms with Crippen LogP contribution in [0, 0.1) is 13.8 Å². The lowest BCUT2D eigenvalue weighted by Gasteiger charge is -2.27. The van der Waals surface area contributed by atoms with Crippen molar-refractivity contribution < 1.29 is 5.11 Å². The summed E-state index contributed by atoms with van der Waals surface area (Å²) in [6.45, 7) is 9.14. The molecule has 0 saturated heterocycles. The summed E-state index contributed by atoms with van der Waals surface area (Å²) in [6, 6.07) is 0. The summed E-state index contributed by atoms with van der Waals surface area (Å²) in [4.78, 5) is 2.27. The van der Waals surface area contributed by atoms with Crippen molar-refractivity contribution >= 4 is 5.69 Å². The van der Waals surface area contributed by atoms with Crippen LogP contribution in [0.25, 0.3) is 0 Å². The molecule has 0 amide bonds. The van der Waals surface area contributed by atoms with Gasteiger partial charge in [0, 0.05) is 19.6 Å². The topological polar surface area (TPSA) is 67.3 Å². The number of nitrogens with zero attached hydrogens (tertiary/aromatic N) is 3. The van der Waals surface area contributed by atoms with Gasteiger partial charge in [0.2, 0.25) is 0 Å². The number of β-amino-alcohol motifs (C(OH)–C–C–N with tert-alkyl or cyclic N) is 1. The van der Waals surface area contributed by atoms with Crippen LogP contribution >= 0.6 is 0 Å². The van der Waals surface area contributed by atoms with Gasteiger partial charge in [0.15, 0.2) is 0 Å². The average Bonchev–Trinajstić information content (AvgIpc) is 2.60. The van der Waals surface area contributed by atoms with Gasteiger partial charge in [0.25, 0.3) is 0 Å². The quantitative estimate of drug-likeness (QED) is 0.799. The molecule has 0 bridgehead atoms. The van der Waals surface area contributed by atoms with Crippen molar-refractivity contribution in [3.05, 3.63) is 23.0 Å². The lowest BCUT2D eigenvalue weighted by molar-refractivity contribution is 0.0979. The van der Waals surface area contributed by atoms with E-state index in [-0.39, 0.29) is 0 Å². The molecular formula is C14H24N4O. The van der Waals surface area contributed by atoms with Crippen molar-refractivity contribution in [2.75, 3.05) is 25.4 Å².